The predicted molar refractivity (Wildman–Crippen MR) is 105 cm³/mol. The Morgan fingerprint density at radius 3 is 2.62 bits per heavy atom. The number of carbonyl (C=O) groups excluding carboxylic acids is 1. The van der Waals surface area contributed by atoms with Crippen LogP contribution < -0.4 is 5.32 Å². The van der Waals surface area contributed by atoms with E-state index < -0.39 is 6.10 Å². The molecule has 9 nitrogen and oxygen atoms in total. The van der Waals surface area contributed by atoms with Crippen molar-refractivity contribution < 1.29 is 19.0 Å². The zero-order valence-corrected chi connectivity index (χ0v) is 17.4. The number of hydrogen-bond acceptors (Lipinski definition) is 8. The molecule has 10 heteroatoms. The minimum Gasteiger partial charge on any atom is -0.441 e. The summed E-state index contributed by atoms with van der Waals surface area (Å²) in [5.41, 5.74) is 0. The van der Waals surface area contributed by atoms with Crippen molar-refractivity contribution in [1.29, 1.82) is 0 Å². The van der Waals surface area contributed by atoms with Crippen molar-refractivity contribution in [2.45, 2.75) is 98.6 Å². The first-order valence-corrected chi connectivity index (χ1v) is 11.8. The van der Waals surface area contributed by atoms with Crippen LogP contribution in [0.1, 0.15) is 63.8 Å². The van der Waals surface area contributed by atoms with Crippen LogP contribution >= 0.6 is 11.8 Å². The van der Waals surface area contributed by atoms with E-state index in [9.17, 15) is 4.79 Å². The SMILES string of the molecule is O=C(NC1CCCCC1)OC1COC2C1OCC2n1nnnc1SC1CCCC1. The number of aromatic nitrogens is 4. The summed E-state index contributed by atoms with van der Waals surface area (Å²) in [6, 6.07) is 0.136. The Morgan fingerprint density at radius 2 is 1.79 bits per heavy atom. The monoisotopic (exact) mass is 423 g/mol. The fourth-order valence-corrected chi connectivity index (χ4v) is 6.20. The molecule has 0 radical (unpaired) electrons. The van der Waals surface area contributed by atoms with Crippen molar-refractivity contribution in [3.63, 3.8) is 0 Å². The van der Waals surface area contributed by atoms with Gasteiger partial charge in [0.15, 0.2) is 6.10 Å². The van der Waals surface area contributed by atoms with Crippen LogP contribution in [0.4, 0.5) is 4.79 Å². The maximum Gasteiger partial charge on any atom is 0.407 e. The van der Waals surface area contributed by atoms with Gasteiger partial charge in [-0.05, 0) is 36.1 Å². The summed E-state index contributed by atoms with van der Waals surface area (Å²) in [5.74, 6) is 0. The molecule has 2 aliphatic heterocycles. The number of amides is 1. The number of fused-ring (bicyclic) bond motifs is 1. The second-order valence-corrected chi connectivity index (χ2v) is 9.78. The molecule has 4 aliphatic rings. The summed E-state index contributed by atoms with van der Waals surface area (Å²) < 4.78 is 19.5. The quantitative estimate of drug-likeness (QED) is 0.771. The molecule has 1 N–H and O–H groups in total. The average Bonchev–Trinajstić information content (AvgIpc) is 3.50. The van der Waals surface area contributed by atoms with E-state index in [1.807, 2.05) is 4.68 Å². The van der Waals surface area contributed by atoms with Crippen LogP contribution in [0.2, 0.25) is 0 Å². The Labute approximate surface area is 174 Å². The molecule has 160 valence electrons. The number of hydrogen-bond donors (Lipinski definition) is 1. The predicted octanol–water partition coefficient (Wildman–Crippen LogP) is 2.47. The maximum atomic E-state index is 12.3. The van der Waals surface area contributed by atoms with Gasteiger partial charge >= 0.3 is 6.09 Å². The Kier molecular flexibility index (Phi) is 5.92. The van der Waals surface area contributed by atoms with Gasteiger partial charge < -0.3 is 19.5 Å². The third kappa shape index (κ3) is 4.25. The van der Waals surface area contributed by atoms with Crippen LogP contribution in [0.25, 0.3) is 0 Å². The van der Waals surface area contributed by atoms with Crippen LogP contribution in [0, 0.1) is 0 Å². The van der Waals surface area contributed by atoms with Gasteiger partial charge in [-0.2, -0.15) is 0 Å². The van der Waals surface area contributed by atoms with E-state index in [1.54, 1.807) is 11.8 Å². The van der Waals surface area contributed by atoms with Gasteiger partial charge in [0, 0.05) is 11.3 Å². The third-order valence-electron chi connectivity index (χ3n) is 6.52. The molecule has 29 heavy (non-hydrogen) atoms. The fraction of sp³-hybridized carbons (Fsp3) is 0.895. The fourth-order valence-electron chi connectivity index (χ4n) is 4.97. The van der Waals surface area contributed by atoms with Crippen LogP contribution in [0.15, 0.2) is 5.16 Å². The van der Waals surface area contributed by atoms with Gasteiger partial charge in [0.1, 0.15) is 18.2 Å². The molecule has 0 aromatic carbocycles. The van der Waals surface area contributed by atoms with Gasteiger partial charge in [0.25, 0.3) is 0 Å². The van der Waals surface area contributed by atoms with E-state index >= 15 is 0 Å². The molecular formula is C19H29N5O4S. The number of nitrogens with one attached hydrogen (secondary N) is 1. The van der Waals surface area contributed by atoms with Crippen molar-refractivity contribution in [3.05, 3.63) is 0 Å². The number of thioether (sulfide) groups is 1. The van der Waals surface area contributed by atoms with Crippen molar-refractivity contribution in [2.24, 2.45) is 0 Å². The van der Waals surface area contributed by atoms with E-state index in [4.69, 9.17) is 14.2 Å². The summed E-state index contributed by atoms with van der Waals surface area (Å²) in [5, 5.41) is 16.8. The normalized spacial score (nSPS) is 33.1. The van der Waals surface area contributed by atoms with Crippen LogP contribution in [0.3, 0.4) is 0 Å². The van der Waals surface area contributed by atoms with Gasteiger partial charge in [-0.15, -0.1) is 5.10 Å². The van der Waals surface area contributed by atoms with E-state index in [0.717, 1.165) is 18.0 Å². The van der Waals surface area contributed by atoms with Crippen LogP contribution in [-0.4, -0.2) is 69.1 Å². The molecule has 4 unspecified atom stereocenters. The largest absolute Gasteiger partial charge is 0.441 e. The number of carbonyl (C=O) groups is 1. The van der Waals surface area contributed by atoms with Gasteiger partial charge in [0.2, 0.25) is 5.16 Å². The Bertz CT molecular complexity index is 707. The van der Waals surface area contributed by atoms with E-state index in [0.29, 0.717) is 18.5 Å². The molecule has 2 aliphatic carbocycles. The molecule has 5 rings (SSSR count). The topological polar surface area (TPSA) is 100 Å². The lowest BCUT2D eigenvalue weighted by Gasteiger charge is -2.24. The summed E-state index contributed by atoms with van der Waals surface area (Å²) >= 11 is 1.76. The summed E-state index contributed by atoms with van der Waals surface area (Å²) in [7, 11) is 0. The highest BCUT2D eigenvalue weighted by atomic mass is 32.2. The minimum absolute atomic E-state index is 0.0890. The molecule has 1 amide bonds. The lowest BCUT2D eigenvalue weighted by atomic mass is 9.96. The molecule has 4 atom stereocenters. The molecule has 4 fully saturated rings. The summed E-state index contributed by atoms with van der Waals surface area (Å²) in [4.78, 5) is 12.3. The van der Waals surface area contributed by atoms with Crippen LogP contribution in [-0.2, 0) is 14.2 Å². The van der Waals surface area contributed by atoms with E-state index in [1.165, 1.54) is 44.9 Å². The van der Waals surface area contributed by atoms with Crippen molar-refractivity contribution >= 4 is 17.9 Å². The second kappa shape index (κ2) is 8.77. The van der Waals surface area contributed by atoms with Gasteiger partial charge in [-0.1, -0.05) is 43.9 Å². The van der Waals surface area contributed by atoms with Crippen molar-refractivity contribution in [1.82, 2.24) is 25.5 Å². The standard InChI is InChI=1S/C19H29N5O4S/c25-19(20-12-6-2-1-3-7-12)28-15-11-27-16-14(10-26-17(15)16)24-18(21-22-23-24)29-13-8-4-5-9-13/h12-17H,1-11H2,(H,20,25). The first-order valence-electron chi connectivity index (χ1n) is 10.9. The highest BCUT2D eigenvalue weighted by Crippen LogP contribution is 2.39. The average molecular weight is 424 g/mol. The number of alkyl carbamates (subject to hydrolysis) is 1. The molecule has 3 heterocycles. The summed E-state index contributed by atoms with van der Waals surface area (Å²) in [6.45, 7) is 0.805. The number of rotatable bonds is 5. The smallest absolute Gasteiger partial charge is 0.407 e. The molecule has 0 spiro atoms. The lowest BCUT2D eigenvalue weighted by Crippen LogP contribution is -2.41. The third-order valence-corrected chi connectivity index (χ3v) is 7.80. The highest BCUT2D eigenvalue weighted by molar-refractivity contribution is 7.99. The van der Waals surface area contributed by atoms with Crippen LogP contribution in [0.5, 0.6) is 0 Å². The second-order valence-electron chi connectivity index (χ2n) is 8.52. The van der Waals surface area contributed by atoms with Crippen molar-refractivity contribution in [3.8, 4) is 0 Å². The highest BCUT2D eigenvalue weighted by Gasteiger charge is 2.51. The Balaban J connectivity index is 1.18. The van der Waals surface area contributed by atoms with Gasteiger partial charge in [-0.3, -0.25) is 0 Å². The molecule has 0 bridgehead atoms. The lowest BCUT2D eigenvalue weighted by molar-refractivity contribution is 0.00152. The Hall–Kier alpha value is -1.39. The van der Waals surface area contributed by atoms with E-state index in [2.05, 4.69) is 20.8 Å². The van der Waals surface area contributed by atoms with E-state index in [-0.39, 0.29) is 30.4 Å². The zero-order chi connectivity index (χ0) is 19.6. The maximum absolute atomic E-state index is 12.3. The molecule has 1 aromatic heterocycles. The molecular weight excluding hydrogens is 394 g/mol. The van der Waals surface area contributed by atoms with Gasteiger partial charge in [-0.25, -0.2) is 9.48 Å². The molecule has 2 saturated heterocycles. The van der Waals surface area contributed by atoms with Crippen molar-refractivity contribution in [2.75, 3.05) is 13.2 Å². The molecule has 2 saturated carbocycles. The first kappa shape index (κ1) is 19.6. The minimum atomic E-state index is -0.393. The Morgan fingerprint density at radius 1 is 1.03 bits per heavy atom. The number of tetrazole rings is 1. The zero-order valence-electron chi connectivity index (χ0n) is 16.6. The number of nitrogens with zero attached hydrogens (tertiary/aromatic N) is 4. The first-order chi connectivity index (χ1) is 14.3. The van der Waals surface area contributed by atoms with Gasteiger partial charge in [0.05, 0.1) is 13.2 Å². The summed E-state index contributed by atoms with van der Waals surface area (Å²) in [6.07, 6.45) is 9.40. The number of ether oxygens (including phenoxy) is 3. The molecule has 1 aromatic rings.